The molecular weight excluding hydrogens is 482 g/mol. The summed E-state index contributed by atoms with van der Waals surface area (Å²) in [5, 5.41) is 23.1. The molecule has 0 aliphatic carbocycles. The van der Waals surface area contributed by atoms with E-state index >= 15 is 0 Å². The second-order valence-electron chi connectivity index (χ2n) is 9.47. The summed E-state index contributed by atoms with van der Waals surface area (Å²) >= 11 is 0. The van der Waals surface area contributed by atoms with Gasteiger partial charge in [-0.2, -0.15) is 4.80 Å². The number of fused-ring (bicyclic) bond motifs is 1. The Bertz CT molecular complexity index is 1520. The van der Waals surface area contributed by atoms with Crippen molar-refractivity contribution in [1.29, 1.82) is 0 Å². The Kier molecular flexibility index (Phi) is 7.08. The van der Waals surface area contributed by atoms with Crippen LogP contribution in [0.4, 0.5) is 0 Å². The number of hydrogen-bond donors (Lipinski definition) is 1. The highest BCUT2D eigenvalue weighted by Gasteiger charge is 2.30. The lowest BCUT2D eigenvalue weighted by Crippen LogP contribution is -2.37. The molecule has 9 heteroatoms. The number of ether oxygens (including phenoxy) is 2. The van der Waals surface area contributed by atoms with Crippen LogP contribution >= 0.6 is 0 Å². The van der Waals surface area contributed by atoms with E-state index in [9.17, 15) is 9.90 Å². The van der Waals surface area contributed by atoms with Gasteiger partial charge in [-0.3, -0.25) is 0 Å². The first-order valence-electron chi connectivity index (χ1n) is 12.4. The molecule has 194 valence electrons. The summed E-state index contributed by atoms with van der Waals surface area (Å²) in [5.41, 5.74) is 1.67. The van der Waals surface area contributed by atoms with Crippen LogP contribution in [-0.2, 0) is 17.9 Å². The second kappa shape index (κ2) is 10.8. The summed E-state index contributed by atoms with van der Waals surface area (Å²) in [6, 6.07) is 25.3. The summed E-state index contributed by atoms with van der Waals surface area (Å²) in [5.74, 6) is 0.890. The fourth-order valence-electron chi connectivity index (χ4n) is 4.10. The van der Waals surface area contributed by atoms with Crippen molar-refractivity contribution < 1.29 is 19.4 Å². The minimum atomic E-state index is -1.31. The topological polar surface area (TPSA) is 104 Å². The molecule has 9 nitrogen and oxygen atoms in total. The summed E-state index contributed by atoms with van der Waals surface area (Å²) in [4.78, 5) is 13.0. The number of nitrogens with zero attached hydrogens (tertiary/aromatic N) is 5. The van der Waals surface area contributed by atoms with Crippen LogP contribution < -0.4 is 9.47 Å². The van der Waals surface area contributed by atoms with Gasteiger partial charge in [-0.1, -0.05) is 36.4 Å². The zero-order valence-electron chi connectivity index (χ0n) is 21.3. The first-order chi connectivity index (χ1) is 18.4. The quantitative estimate of drug-likeness (QED) is 0.247. The predicted octanol–water partition coefficient (Wildman–Crippen LogP) is 5.05. The van der Waals surface area contributed by atoms with Crippen LogP contribution in [0.15, 0.2) is 85.1 Å². The normalized spacial score (nSPS) is 11.5. The maximum absolute atomic E-state index is 11.5. The molecule has 38 heavy (non-hydrogen) atoms. The van der Waals surface area contributed by atoms with E-state index in [0.29, 0.717) is 24.7 Å². The van der Waals surface area contributed by atoms with Gasteiger partial charge in [0, 0.05) is 23.7 Å². The van der Waals surface area contributed by atoms with Crippen LogP contribution in [0.2, 0.25) is 0 Å². The summed E-state index contributed by atoms with van der Waals surface area (Å²) in [7, 11) is 0. The van der Waals surface area contributed by atoms with Crippen molar-refractivity contribution in [3.05, 3.63) is 90.6 Å². The molecule has 0 aliphatic heterocycles. The third-order valence-electron chi connectivity index (χ3n) is 6.20. The molecule has 0 bridgehead atoms. The van der Waals surface area contributed by atoms with E-state index in [4.69, 9.17) is 9.47 Å². The number of rotatable bonds is 11. The molecule has 0 saturated carbocycles. The Labute approximate surface area is 220 Å². The van der Waals surface area contributed by atoms with Crippen LogP contribution in [0.25, 0.3) is 22.3 Å². The maximum atomic E-state index is 11.5. The van der Waals surface area contributed by atoms with Crippen molar-refractivity contribution in [2.24, 2.45) is 0 Å². The van der Waals surface area contributed by atoms with Gasteiger partial charge in [-0.15, -0.1) is 10.2 Å². The third kappa shape index (κ3) is 5.67. The number of tetrazole rings is 1. The zero-order valence-corrected chi connectivity index (χ0v) is 21.3. The standard InChI is InChI=1S/C29H29N5O4/c1-29(2,28(35)36)38-26-11-6-10-25-24(26)16-18-33(25)17-7-19-37-23-14-12-22(13-15-23)27-30-32-34(31-27)20-21-8-4-3-5-9-21/h3-6,8-16,18H,7,17,19-20H2,1-2H3,(H,35,36). The van der Waals surface area contributed by atoms with E-state index < -0.39 is 11.6 Å². The number of carboxylic acids is 1. The smallest absolute Gasteiger partial charge is 0.347 e. The highest BCUT2D eigenvalue weighted by molar-refractivity contribution is 5.87. The van der Waals surface area contributed by atoms with Gasteiger partial charge in [0.25, 0.3) is 0 Å². The molecule has 0 saturated heterocycles. The van der Waals surface area contributed by atoms with Gasteiger partial charge in [0.15, 0.2) is 5.60 Å². The molecule has 5 rings (SSSR count). The average molecular weight is 512 g/mol. The number of benzene rings is 3. The average Bonchev–Trinajstić information content (AvgIpc) is 3.55. The van der Waals surface area contributed by atoms with Gasteiger partial charge in [0.2, 0.25) is 5.82 Å². The van der Waals surface area contributed by atoms with E-state index in [1.165, 1.54) is 0 Å². The molecule has 0 amide bonds. The van der Waals surface area contributed by atoms with E-state index in [0.717, 1.165) is 40.7 Å². The highest BCUT2D eigenvalue weighted by atomic mass is 16.5. The van der Waals surface area contributed by atoms with Crippen molar-refractivity contribution in [3.63, 3.8) is 0 Å². The van der Waals surface area contributed by atoms with E-state index in [1.54, 1.807) is 24.7 Å². The number of aliphatic carboxylic acids is 1. The molecule has 5 aromatic rings. The lowest BCUT2D eigenvalue weighted by atomic mass is 10.1. The molecule has 0 fully saturated rings. The van der Waals surface area contributed by atoms with Crippen LogP contribution in [0.1, 0.15) is 25.8 Å². The monoisotopic (exact) mass is 511 g/mol. The van der Waals surface area contributed by atoms with E-state index in [1.807, 2.05) is 79.0 Å². The SMILES string of the molecule is CC(C)(Oc1cccc2c1ccn2CCCOc1ccc(-c2nnn(Cc3ccccc3)n2)cc1)C(=O)O. The molecule has 3 aromatic carbocycles. The largest absolute Gasteiger partial charge is 0.494 e. The van der Waals surface area contributed by atoms with Gasteiger partial charge in [-0.25, -0.2) is 4.79 Å². The number of carboxylic acid groups (broad SMARTS) is 1. The first-order valence-corrected chi connectivity index (χ1v) is 12.4. The van der Waals surface area contributed by atoms with Crippen LogP contribution in [0.5, 0.6) is 11.5 Å². The third-order valence-corrected chi connectivity index (χ3v) is 6.20. The van der Waals surface area contributed by atoms with Crippen molar-refractivity contribution in [3.8, 4) is 22.9 Å². The Morgan fingerprint density at radius 3 is 2.53 bits per heavy atom. The number of aryl methyl sites for hydroxylation is 1. The molecule has 1 N–H and O–H groups in total. The number of hydrogen-bond acceptors (Lipinski definition) is 6. The van der Waals surface area contributed by atoms with Crippen molar-refractivity contribution in [2.45, 2.75) is 39.0 Å². The maximum Gasteiger partial charge on any atom is 0.347 e. The van der Waals surface area contributed by atoms with E-state index in [-0.39, 0.29) is 0 Å². The van der Waals surface area contributed by atoms with Gasteiger partial charge in [-0.05, 0) is 73.5 Å². The molecule has 0 atom stereocenters. The molecule has 0 spiro atoms. The van der Waals surface area contributed by atoms with Gasteiger partial charge >= 0.3 is 5.97 Å². The Balaban J connectivity index is 1.14. The molecule has 0 radical (unpaired) electrons. The Morgan fingerprint density at radius 2 is 1.76 bits per heavy atom. The Morgan fingerprint density at radius 1 is 0.974 bits per heavy atom. The van der Waals surface area contributed by atoms with Crippen LogP contribution in [0.3, 0.4) is 0 Å². The molecular formula is C29H29N5O4. The number of aromatic nitrogens is 5. The van der Waals surface area contributed by atoms with Crippen LogP contribution in [0, 0.1) is 0 Å². The van der Waals surface area contributed by atoms with Crippen molar-refractivity contribution in [1.82, 2.24) is 24.8 Å². The van der Waals surface area contributed by atoms with Gasteiger partial charge < -0.3 is 19.1 Å². The fourth-order valence-corrected chi connectivity index (χ4v) is 4.10. The predicted molar refractivity (Wildman–Crippen MR) is 143 cm³/mol. The summed E-state index contributed by atoms with van der Waals surface area (Å²) in [6.07, 6.45) is 2.78. The summed E-state index contributed by atoms with van der Waals surface area (Å²) < 4.78 is 13.9. The van der Waals surface area contributed by atoms with Crippen LogP contribution in [-0.4, -0.2) is 48.1 Å². The number of carbonyl (C=O) groups is 1. The summed E-state index contributed by atoms with van der Waals surface area (Å²) in [6.45, 7) is 4.96. The second-order valence-corrected chi connectivity index (χ2v) is 9.47. The van der Waals surface area contributed by atoms with Gasteiger partial charge in [0.05, 0.1) is 18.7 Å². The van der Waals surface area contributed by atoms with Crippen molar-refractivity contribution in [2.75, 3.05) is 6.61 Å². The lowest BCUT2D eigenvalue weighted by molar-refractivity contribution is -0.152. The fraction of sp³-hybridized carbons (Fsp3) is 0.241. The Hall–Kier alpha value is -4.66. The van der Waals surface area contributed by atoms with Crippen molar-refractivity contribution >= 4 is 16.9 Å². The first kappa shape index (κ1) is 25.0. The zero-order chi connectivity index (χ0) is 26.5. The molecule has 0 unspecified atom stereocenters. The minimum Gasteiger partial charge on any atom is -0.494 e. The lowest BCUT2D eigenvalue weighted by Gasteiger charge is -2.22. The molecule has 2 heterocycles. The highest BCUT2D eigenvalue weighted by Crippen LogP contribution is 2.30. The molecule has 2 aromatic heterocycles. The molecule has 0 aliphatic rings. The van der Waals surface area contributed by atoms with Gasteiger partial charge in [0.1, 0.15) is 11.5 Å². The van der Waals surface area contributed by atoms with E-state index in [2.05, 4.69) is 20.0 Å². The minimum absolute atomic E-state index is 0.548.